The number of hydrogen-bond acceptors (Lipinski definition) is 5. The SMILES string of the molecule is COCCn1cnc2c1c(=O)n(CC(=O)N[C@@H](C)C(C)C)c(=O)n2Cc1ccccc1. The van der Waals surface area contributed by atoms with Gasteiger partial charge in [0.1, 0.15) is 6.54 Å². The average Bonchev–Trinajstić information content (AvgIpc) is 3.17. The number of amides is 1. The fourth-order valence-corrected chi connectivity index (χ4v) is 3.26. The van der Waals surface area contributed by atoms with Crippen LogP contribution >= 0.6 is 0 Å². The van der Waals surface area contributed by atoms with Crippen molar-refractivity contribution >= 4 is 17.1 Å². The molecule has 0 unspecified atom stereocenters. The van der Waals surface area contributed by atoms with Crippen LogP contribution in [0.15, 0.2) is 46.2 Å². The van der Waals surface area contributed by atoms with Crippen LogP contribution < -0.4 is 16.6 Å². The summed E-state index contributed by atoms with van der Waals surface area (Å²) >= 11 is 0. The number of carbonyl (C=O) groups excluding carboxylic acids is 1. The Morgan fingerprint density at radius 2 is 1.84 bits per heavy atom. The summed E-state index contributed by atoms with van der Waals surface area (Å²) in [5, 5.41) is 2.85. The smallest absolute Gasteiger partial charge is 0.333 e. The predicted octanol–water partition coefficient (Wildman–Crippen LogP) is 1.22. The number of benzene rings is 1. The van der Waals surface area contributed by atoms with Gasteiger partial charge in [0.25, 0.3) is 5.56 Å². The minimum Gasteiger partial charge on any atom is -0.383 e. The first-order valence-electron chi connectivity index (χ1n) is 10.3. The van der Waals surface area contributed by atoms with Crippen LogP contribution in [0.5, 0.6) is 0 Å². The largest absolute Gasteiger partial charge is 0.383 e. The van der Waals surface area contributed by atoms with E-state index in [1.165, 1.54) is 10.9 Å². The van der Waals surface area contributed by atoms with Gasteiger partial charge in [-0.2, -0.15) is 0 Å². The van der Waals surface area contributed by atoms with E-state index in [0.29, 0.717) is 18.8 Å². The molecule has 0 saturated heterocycles. The number of nitrogens with one attached hydrogen (secondary N) is 1. The van der Waals surface area contributed by atoms with Gasteiger partial charge in [0.05, 0.1) is 19.5 Å². The summed E-state index contributed by atoms with van der Waals surface area (Å²) in [6, 6.07) is 9.37. The average molecular weight is 428 g/mol. The number of ether oxygens (including phenoxy) is 1. The Morgan fingerprint density at radius 1 is 1.13 bits per heavy atom. The van der Waals surface area contributed by atoms with Gasteiger partial charge in [0.2, 0.25) is 5.91 Å². The van der Waals surface area contributed by atoms with Gasteiger partial charge in [-0.25, -0.2) is 14.3 Å². The van der Waals surface area contributed by atoms with Gasteiger partial charge in [-0.15, -0.1) is 0 Å². The monoisotopic (exact) mass is 427 g/mol. The Labute approximate surface area is 180 Å². The van der Waals surface area contributed by atoms with Gasteiger partial charge in [0.15, 0.2) is 11.2 Å². The van der Waals surface area contributed by atoms with Crippen molar-refractivity contribution in [3.05, 3.63) is 63.1 Å². The Hall–Kier alpha value is -3.20. The number of methoxy groups -OCH3 is 1. The Kier molecular flexibility index (Phi) is 7.06. The van der Waals surface area contributed by atoms with Crippen LogP contribution in [0, 0.1) is 5.92 Å². The van der Waals surface area contributed by atoms with Crippen LogP contribution in [0.1, 0.15) is 26.3 Å². The number of hydrogen-bond donors (Lipinski definition) is 1. The standard InChI is InChI=1S/C22H29N5O4/c1-15(2)16(3)24-18(28)13-27-21(29)19-20(23-14-25(19)10-11-31-4)26(22(27)30)12-17-8-6-5-7-9-17/h5-9,14-16H,10-13H2,1-4H3,(H,24,28)/t16-/m0/s1. The van der Waals surface area contributed by atoms with E-state index in [9.17, 15) is 14.4 Å². The summed E-state index contributed by atoms with van der Waals surface area (Å²) in [7, 11) is 1.57. The number of imidazole rings is 1. The molecular weight excluding hydrogens is 398 g/mol. The zero-order valence-electron chi connectivity index (χ0n) is 18.4. The van der Waals surface area contributed by atoms with E-state index in [-0.39, 0.29) is 36.5 Å². The zero-order chi connectivity index (χ0) is 22.5. The summed E-state index contributed by atoms with van der Waals surface area (Å²) in [5.41, 5.74) is 0.357. The molecule has 0 aliphatic carbocycles. The van der Waals surface area contributed by atoms with E-state index in [1.54, 1.807) is 11.7 Å². The number of fused-ring (bicyclic) bond motifs is 1. The van der Waals surface area contributed by atoms with Crippen LogP contribution in [-0.4, -0.2) is 44.4 Å². The Balaban J connectivity index is 2.11. The lowest BCUT2D eigenvalue weighted by Crippen LogP contribution is -2.46. The molecule has 0 spiro atoms. The van der Waals surface area contributed by atoms with Crippen LogP contribution in [-0.2, 0) is 29.2 Å². The summed E-state index contributed by atoms with van der Waals surface area (Å²) in [6.07, 6.45) is 1.53. The van der Waals surface area contributed by atoms with Crippen molar-refractivity contribution in [3.8, 4) is 0 Å². The zero-order valence-corrected chi connectivity index (χ0v) is 18.4. The molecule has 1 N–H and O–H groups in total. The molecule has 0 aliphatic heterocycles. The Bertz CT molecular complexity index is 1160. The molecule has 9 heteroatoms. The highest BCUT2D eigenvalue weighted by molar-refractivity contribution is 5.77. The van der Waals surface area contributed by atoms with Crippen LogP contribution in [0.2, 0.25) is 0 Å². The van der Waals surface area contributed by atoms with Crippen LogP contribution in [0.25, 0.3) is 11.2 Å². The maximum atomic E-state index is 13.3. The van der Waals surface area contributed by atoms with Gasteiger partial charge < -0.3 is 14.6 Å². The highest BCUT2D eigenvalue weighted by Crippen LogP contribution is 2.10. The number of nitrogens with zero attached hydrogens (tertiary/aromatic N) is 4. The van der Waals surface area contributed by atoms with Crippen LogP contribution in [0.3, 0.4) is 0 Å². The molecule has 1 atom stereocenters. The van der Waals surface area contributed by atoms with Crippen molar-refractivity contribution in [2.24, 2.45) is 5.92 Å². The lowest BCUT2D eigenvalue weighted by Gasteiger charge is -2.18. The van der Waals surface area contributed by atoms with Crippen molar-refractivity contribution < 1.29 is 9.53 Å². The summed E-state index contributed by atoms with van der Waals surface area (Å²) in [5.74, 6) is -0.151. The van der Waals surface area contributed by atoms with E-state index < -0.39 is 11.2 Å². The second-order valence-electron chi connectivity index (χ2n) is 7.95. The molecule has 0 saturated carbocycles. The fourth-order valence-electron chi connectivity index (χ4n) is 3.26. The van der Waals surface area contributed by atoms with Gasteiger partial charge in [-0.1, -0.05) is 44.2 Å². The van der Waals surface area contributed by atoms with Crippen LogP contribution in [0.4, 0.5) is 0 Å². The predicted molar refractivity (Wildman–Crippen MR) is 118 cm³/mol. The van der Waals surface area contributed by atoms with Crippen molar-refractivity contribution in [3.63, 3.8) is 0 Å². The van der Waals surface area contributed by atoms with Gasteiger partial charge in [-0.3, -0.25) is 14.2 Å². The van der Waals surface area contributed by atoms with Gasteiger partial charge in [0, 0.05) is 19.7 Å². The van der Waals surface area contributed by atoms with E-state index in [2.05, 4.69) is 10.3 Å². The molecule has 1 amide bonds. The summed E-state index contributed by atoms with van der Waals surface area (Å²) < 4.78 is 9.21. The normalized spacial score (nSPS) is 12.4. The topological polar surface area (TPSA) is 100 Å². The highest BCUT2D eigenvalue weighted by atomic mass is 16.5. The number of carbonyl (C=O) groups is 1. The number of aromatic nitrogens is 4. The molecule has 1 aromatic carbocycles. The molecular formula is C22H29N5O4. The lowest BCUT2D eigenvalue weighted by atomic mass is 10.1. The number of rotatable bonds is 9. The molecule has 3 aromatic rings. The summed E-state index contributed by atoms with van der Waals surface area (Å²) in [6.45, 7) is 6.55. The quantitative estimate of drug-likeness (QED) is 0.553. The maximum Gasteiger partial charge on any atom is 0.333 e. The third-order valence-corrected chi connectivity index (χ3v) is 5.39. The molecule has 166 valence electrons. The Morgan fingerprint density at radius 3 is 2.48 bits per heavy atom. The molecule has 0 bridgehead atoms. The van der Waals surface area contributed by atoms with E-state index >= 15 is 0 Å². The molecule has 9 nitrogen and oxygen atoms in total. The third kappa shape index (κ3) is 4.93. The van der Waals surface area contributed by atoms with Crippen molar-refractivity contribution in [2.45, 2.75) is 46.4 Å². The molecule has 0 radical (unpaired) electrons. The molecule has 2 aromatic heterocycles. The highest BCUT2D eigenvalue weighted by Gasteiger charge is 2.20. The van der Waals surface area contributed by atoms with E-state index in [4.69, 9.17) is 4.74 Å². The molecule has 0 aliphatic rings. The van der Waals surface area contributed by atoms with Crippen molar-refractivity contribution in [1.82, 2.24) is 24.0 Å². The first kappa shape index (κ1) is 22.5. The molecule has 2 heterocycles. The first-order chi connectivity index (χ1) is 14.8. The van der Waals surface area contributed by atoms with Crippen molar-refractivity contribution in [2.75, 3.05) is 13.7 Å². The van der Waals surface area contributed by atoms with Gasteiger partial charge in [-0.05, 0) is 18.4 Å². The van der Waals surface area contributed by atoms with E-state index in [1.807, 2.05) is 51.1 Å². The fraction of sp³-hybridized carbons (Fsp3) is 0.455. The third-order valence-electron chi connectivity index (χ3n) is 5.39. The molecule has 31 heavy (non-hydrogen) atoms. The summed E-state index contributed by atoms with van der Waals surface area (Å²) in [4.78, 5) is 43.4. The first-order valence-corrected chi connectivity index (χ1v) is 10.3. The lowest BCUT2D eigenvalue weighted by molar-refractivity contribution is -0.122. The minimum absolute atomic E-state index is 0.0780. The second kappa shape index (κ2) is 9.74. The molecule has 3 rings (SSSR count). The minimum atomic E-state index is -0.564. The van der Waals surface area contributed by atoms with Gasteiger partial charge >= 0.3 is 5.69 Å². The maximum absolute atomic E-state index is 13.3. The second-order valence-corrected chi connectivity index (χ2v) is 7.95. The van der Waals surface area contributed by atoms with Crippen molar-refractivity contribution in [1.29, 1.82) is 0 Å². The van der Waals surface area contributed by atoms with E-state index in [0.717, 1.165) is 10.1 Å². The molecule has 0 fully saturated rings.